The van der Waals surface area contributed by atoms with E-state index in [-0.39, 0.29) is 5.96 Å². The Hall–Kier alpha value is -0.810. The molecule has 1 heterocycles. The van der Waals surface area contributed by atoms with E-state index in [4.69, 9.17) is 11.5 Å². The van der Waals surface area contributed by atoms with Crippen molar-refractivity contribution in [1.82, 2.24) is 9.80 Å². The van der Waals surface area contributed by atoms with Crippen LogP contribution in [0.15, 0.2) is 4.99 Å². The zero-order valence-electron chi connectivity index (χ0n) is 8.95. The van der Waals surface area contributed by atoms with E-state index in [1.807, 2.05) is 0 Å². The number of hydrogen-bond acceptors (Lipinski definition) is 3. The molecule has 5 heteroatoms. The highest BCUT2D eigenvalue weighted by Crippen LogP contribution is 2.00. The minimum atomic E-state index is 0.192. The molecule has 4 N–H and O–H groups in total. The Morgan fingerprint density at radius 3 is 2.71 bits per heavy atom. The van der Waals surface area contributed by atoms with Crippen LogP contribution in [0.3, 0.4) is 0 Å². The van der Waals surface area contributed by atoms with Gasteiger partial charge in [0, 0.05) is 19.6 Å². The maximum Gasteiger partial charge on any atom is 0.185 e. The van der Waals surface area contributed by atoms with Crippen LogP contribution in [0.4, 0.5) is 0 Å². The summed E-state index contributed by atoms with van der Waals surface area (Å²) in [4.78, 5) is 8.76. The largest absolute Gasteiger partial charge is 0.370 e. The summed E-state index contributed by atoms with van der Waals surface area (Å²) in [7, 11) is 2.17. The molecule has 0 bridgehead atoms. The molecular formula is C9H21N5. The number of nitrogens with zero attached hydrogens (tertiary/aromatic N) is 3. The summed E-state index contributed by atoms with van der Waals surface area (Å²) in [6.45, 7) is 6.29. The van der Waals surface area contributed by atoms with Gasteiger partial charge in [0.2, 0.25) is 0 Å². The molecule has 5 nitrogen and oxygen atoms in total. The summed E-state index contributed by atoms with van der Waals surface area (Å²) in [5.41, 5.74) is 10.5. The topological polar surface area (TPSA) is 70.9 Å². The van der Waals surface area contributed by atoms with Gasteiger partial charge in [0.25, 0.3) is 0 Å². The smallest absolute Gasteiger partial charge is 0.185 e. The number of guanidine groups is 1. The molecule has 0 unspecified atom stereocenters. The predicted molar refractivity (Wildman–Crippen MR) is 59.2 cm³/mol. The van der Waals surface area contributed by atoms with Crippen LogP contribution in [0.25, 0.3) is 0 Å². The molecule has 0 aliphatic carbocycles. The van der Waals surface area contributed by atoms with Crippen molar-refractivity contribution in [2.75, 3.05) is 46.3 Å². The average Bonchev–Trinajstić information content (AvgIpc) is 2.30. The SMILES string of the molecule is CN1CCCN(CCN=C(N)N)CC1. The van der Waals surface area contributed by atoms with E-state index in [1.165, 1.54) is 13.0 Å². The highest BCUT2D eigenvalue weighted by atomic mass is 15.2. The minimum absolute atomic E-state index is 0.192. The molecule has 0 saturated carbocycles. The molecule has 1 fully saturated rings. The first kappa shape index (κ1) is 11.3. The third-order valence-corrected chi connectivity index (χ3v) is 2.52. The van der Waals surface area contributed by atoms with Gasteiger partial charge in [-0.3, -0.25) is 4.99 Å². The van der Waals surface area contributed by atoms with E-state index >= 15 is 0 Å². The van der Waals surface area contributed by atoms with Gasteiger partial charge in [-0.15, -0.1) is 0 Å². The molecule has 14 heavy (non-hydrogen) atoms. The first-order chi connectivity index (χ1) is 6.68. The van der Waals surface area contributed by atoms with Crippen LogP contribution < -0.4 is 11.5 Å². The van der Waals surface area contributed by atoms with E-state index in [0.29, 0.717) is 6.54 Å². The Morgan fingerprint density at radius 2 is 2.00 bits per heavy atom. The van der Waals surface area contributed by atoms with Crippen LogP contribution in [0.2, 0.25) is 0 Å². The molecule has 0 aromatic heterocycles. The summed E-state index contributed by atoms with van der Waals surface area (Å²) in [5, 5.41) is 0. The van der Waals surface area contributed by atoms with Crippen LogP contribution >= 0.6 is 0 Å². The third-order valence-electron chi connectivity index (χ3n) is 2.52. The summed E-state index contributed by atoms with van der Waals surface area (Å²) in [6, 6.07) is 0. The van der Waals surface area contributed by atoms with E-state index in [1.54, 1.807) is 0 Å². The van der Waals surface area contributed by atoms with Gasteiger partial charge < -0.3 is 21.3 Å². The van der Waals surface area contributed by atoms with Gasteiger partial charge in [-0.2, -0.15) is 0 Å². The Bertz CT molecular complexity index is 188. The van der Waals surface area contributed by atoms with Crippen molar-refractivity contribution in [3.8, 4) is 0 Å². The number of likely N-dealkylation sites (N-methyl/N-ethyl adjacent to an activating group) is 1. The van der Waals surface area contributed by atoms with Crippen LogP contribution in [0.1, 0.15) is 6.42 Å². The number of hydrogen-bond donors (Lipinski definition) is 2. The second kappa shape index (κ2) is 5.82. The Kier molecular flexibility index (Phi) is 4.69. The van der Waals surface area contributed by atoms with Crippen molar-refractivity contribution in [3.05, 3.63) is 0 Å². The van der Waals surface area contributed by atoms with Crippen molar-refractivity contribution in [2.45, 2.75) is 6.42 Å². The first-order valence-electron chi connectivity index (χ1n) is 5.15. The molecule has 82 valence electrons. The maximum absolute atomic E-state index is 5.26. The molecule has 1 rings (SSSR count). The fourth-order valence-electron chi connectivity index (χ4n) is 1.64. The summed E-state index contributed by atoms with van der Waals surface area (Å²) in [6.07, 6.45) is 1.23. The van der Waals surface area contributed by atoms with Gasteiger partial charge >= 0.3 is 0 Å². The van der Waals surface area contributed by atoms with Gasteiger partial charge in [0.15, 0.2) is 5.96 Å². The van der Waals surface area contributed by atoms with Gasteiger partial charge in [-0.05, 0) is 26.6 Å². The molecule has 1 aliphatic heterocycles. The molecule has 0 atom stereocenters. The lowest BCUT2D eigenvalue weighted by Gasteiger charge is -2.18. The Morgan fingerprint density at radius 1 is 1.21 bits per heavy atom. The van der Waals surface area contributed by atoms with E-state index in [2.05, 4.69) is 21.8 Å². The van der Waals surface area contributed by atoms with E-state index < -0.39 is 0 Å². The van der Waals surface area contributed by atoms with Crippen molar-refractivity contribution in [2.24, 2.45) is 16.5 Å². The monoisotopic (exact) mass is 199 g/mol. The van der Waals surface area contributed by atoms with Crippen LogP contribution in [0.5, 0.6) is 0 Å². The molecule has 0 radical (unpaired) electrons. The first-order valence-corrected chi connectivity index (χ1v) is 5.15. The number of rotatable bonds is 3. The third kappa shape index (κ3) is 4.43. The fourth-order valence-corrected chi connectivity index (χ4v) is 1.64. The highest BCUT2D eigenvalue weighted by molar-refractivity contribution is 5.75. The average molecular weight is 199 g/mol. The Labute approximate surface area is 85.7 Å². The number of aliphatic imine (C=N–C) groups is 1. The van der Waals surface area contributed by atoms with Gasteiger partial charge in [0.1, 0.15) is 0 Å². The standard InChI is InChI=1S/C9H21N5/c1-13-4-2-5-14(8-7-13)6-3-12-9(10)11/h2-8H2,1H3,(H4,10,11,12). The molecule has 0 aromatic carbocycles. The van der Waals surface area contributed by atoms with Gasteiger partial charge in [0.05, 0.1) is 6.54 Å². The zero-order valence-corrected chi connectivity index (χ0v) is 8.95. The van der Waals surface area contributed by atoms with Crippen molar-refractivity contribution in [1.29, 1.82) is 0 Å². The van der Waals surface area contributed by atoms with Gasteiger partial charge in [-0.25, -0.2) is 0 Å². The second-order valence-electron chi connectivity index (χ2n) is 3.81. The number of nitrogens with two attached hydrogens (primary N) is 2. The van der Waals surface area contributed by atoms with Crippen molar-refractivity contribution in [3.63, 3.8) is 0 Å². The molecular weight excluding hydrogens is 178 g/mol. The lowest BCUT2D eigenvalue weighted by Crippen LogP contribution is -2.32. The predicted octanol–water partition coefficient (Wildman–Crippen LogP) is -1.10. The molecule has 1 aliphatic rings. The zero-order chi connectivity index (χ0) is 10.4. The highest BCUT2D eigenvalue weighted by Gasteiger charge is 2.10. The van der Waals surface area contributed by atoms with Crippen LogP contribution in [0, 0.1) is 0 Å². The summed E-state index contributed by atoms with van der Waals surface area (Å²) < 4.78 is 0. The lowest BCUT2D eigenvalue weighted by atomic mass is 10.4. The van der Waals surface area contributed by atoms with E-state index in [0.717, 1.165) is 26.2 Å². The normalized spacial score (nSPS) is 20.4. The van der Waals surface area contributed by atoms with Gasteiger partial charge in [-0.1, -0.05) is 0 Å². The second-order valence-corrected chi connectivity index (χ2v) is 3.81. The quantitative estimate of drug-likeness (QED) is 0.447. The fraction of sp³-hybridized carbons (Fsp3) is 0.889. The molecule has 0 spiro atoms. The van der Waals surface area contributed by atoms with Crippen LogP contribution in [-0.2, 0) is 0 Å². The molecule has 0 aromatic rings. The van der Waals surface area contributed by atoms with Crippen molar-refractivity contribution >= 4 is 5.96 Å². The lowest BCUT2D eigenvalue weighted by molar-refractivity contribution is 0.283. The van der Waals surface area contributed by atoms with E-state index in [9.17, 15) is 0 Å². The van der Waals surface area contributed by atoms with Crippen LogP contribution in [-0.4, -0.2) is 62.1 Å². The van der Waals surface area contributed by atoms with Crippen molar-refractivity contribution < 1.29 is 0 Å². The summed E-state index contributed by atoms with van der Waals surface area (Å²) >= 11 is 0. The maximum atomic E-state index is 5.26. The molecule has 0 amide bonds. The molecule has 1 saturated heterocycles. The minimum Gasteiger partial charge on any atom is -0.370 e. The Balaban J connectivity index is 2.20. The summed E-state index contributed by atoms with van der Waals surface area (Å²) in [5.74, 6) is 0.192.